The summed E-state index contributed by atoms with van der Waals surface area (Å²) < 4.78 is 67.6. The van der Waals surface area contributed by atoms with E-state index in [1.54, 1.807) is 26.0 Å². The third-order valence-corrected chi connectivity index (χ3v) is 7.73. The van der Waals surface area contributed by atoms with Crippen molar-refractivity contribution in [1.82, 2.24) is 4.57 Å². The number of aromatic nitrogens is 1. The van der Waals surface area contributed by atoms with Crippen molar-refractivity contribution in [2.45, 2.75) is 38.8 Å². The zero-order chi connectivity index (χ0) is 28.0. The molecule has 1 N–H and O–H groups in total. The van der Waals surface area contributed by atoms with E-state index in [4.69, 9.17) is 0 Å². The molecule has 0 spiro atoms. The molecule has 0 bridgehead atoms. The van der Waals surface area contributed by atoms with Gasteiger partial charge in [0.1, 0.15) is 0 Å². The number of carbonyl (C=O) groups is 1. The molecule has 1 aromatic heterocycles. The summed E-state index contributed by atoms with van der Waals surface area (Å²) in [5.74, 6) is -0.517. The van der Waals surface area contributed by atoms with Gasteiger partial charge in [0.15, 0.2) is 9.84 Å². The highest BCUT2D eigenvalue weighted by atomic mass is 32.2. The minimum atomic E-state index is -4.63. The fraction of sp³-hybridized carbons (Fsp3) is 0.207. The molecule has 1 amide bonds. The molecule has 5 nitrogen and oxygen atoms in total. The summed E-state index contributed by atoms with van der Waals surface area (Å²) >= 11 is 0. The van der Waals surface area contributed by atoms with Gasteiger partial charge in [-0.1, -0.05) is 24.3 Å². The Kier molecular flexibility index (Phi) is 7.01. The van der Waals surface area contributed by atoms with Crippen LogP contribution in [0.5, 0.6) is 0 Å². The van der Waals surface area contributed by atoms with Crippen molar-refractivity contribution >= 4 is 21.4 Å². The van der Waals surface area contributed by atoms with Crippen molar-refractivity contribution in [2.75, 3.05) is 11.6 Å². The summed E-state index contributed by atoms with van der Waals surface area (Å²) in [6.45, 7) is 7.09. The van der Waals surface area contributed by atoms with Gasteiger partial charge in [0.05, 0.1) is 21.7 Å². The summed E-state index contributed by atoms with van der Waals surface area (Å²) in [5, 5.41) is 2.69. The number of hydrogen-bond donors (Lipinski definition) is 1. The fourth-order valence-electron chi connectivity index (χ4n) is 4.41. The van der Waals surface area contributed by atoms with Gasteiger partial charge in [0.2, 0.25) is 0 Å². The Labute approximate surface area is 219 Å². The first kappa shape index (κ1) is 27.2. The first-order valence-corrected chi connectivity index (χ1v) is 13.7. The van der Waals surface area contributed by atoms with Gasteiger partial charge in [-0.3, -0.25) is 4.79 Å². The first-order chi connectivity index (χ1) is 17.7. The maximum absolute atomic E-state index is 14.3. The third-order valence-electron chi connectivity index (χ3n) is 6.60. The molecule has 0 saturated heterocycles. The zero-order valence-corrected chi connectivity index (χ0v) is 22.4. The maximum Gasteiger partial charge on any atom is 0.418 e. The Balaban J connectivity index is 1.73. The average Bonchev–Trinajstić information content (AvgIpc) is 3.13. The fourth-order valence-corrected chi connectivity index (χ4v) is 5.04. The van der Waals surface area contributed by atoms with Crippen LogP contribution in [0.1, 0.15) is 38.4 Å². The van der Waals surface area contributed by atoms with Crippen molar-refractivity contribution in [3.63, 3.8) is 0 Å². The maximum atomic E-state index is 14.3. The van der Waals surface area contributed by atoms with Crippen molar-refractivity contribution in [3.8, 4) is 16.8 Å². The number of carbonyl (C=O) groups excluding carboxylic acids is 1. The molecule has 0 atom stereocenters. The van der Waals surface area contributed by atoms with Crippen LogP contribution in [0, 0.1) is 27.7 Å². The highest BCUT2D eigenvalue weighted by molar-refractivity contribution is 7.90. The third kappa shape index (κ3) is 5.38. The molecule has 3 aromatic carbocycles. The van der Waals surface area contributed by atoms with Crippen molar-refractivity contribution in [3.05, 3.63) is 100 Å². The Hall–Kier alpha value is -3.85. The number of alkyl halides is 3. The van der Waals surface area contributed by atoms with Crippen molar-refractivity contribution < 1.29 is 26.4 Å². The van der Waals surface area contributed by atoms with Crippen LogP contribution in [0.2, 0.25) is 0 Å². The molecule has 0 aliphatic rings. The molecular formula is C29H27F3N2O3S. The lowest BCUT2D eigenvalue weighted by Crippen LogP contribution is -2.15. The summed E-state index contributed by atoms with van der Waals surface area (Å²) in [6, 6.07) is 17.0. The highest BCUT2D eigenvalue weighted by Crippen LogP contribution is 2.38. The van der Waals surface area contributed by atoms with Gasteiger partial charge in [-0.15, -0.1) is 0 Å². The Morgan fingerprint density at radius 3 is 2.00 bits per heavy atom. The minimum Gasteiger partial charge on any atom is -0.322 e. The van der Waals surface area contributed by atoms with Crippen LogP contribution in [-0.2, 0) is 16.0 Å². The Morgan fingerprint density at radius 2 is 1.42 bits per heavy atom. The van der Waals surface area contributed by atoms with Crippen molar-refractivity contribution in [1.29, 1.82) is 0 Å². The number of nitrogens with one attached hydrogen (secondary N) is 1. The molecule has 1 heterocycles. The van der Waals surface area contributed by atoms with Crippen molar-refractivity contribution in [2.24, 2.45) is 0 Å². The van der Waals surface area contributed by atoms with E-state index in [1.165, 1.54) is 41.0 Å². The van der Waals surface area contributed by atoms with Crippen LogP contribution < -0.4 is 5.32 Å². The quantitative estimate of drug-likeness (QED) is 0.295. The van der Waals surface area contributed by atoms with Gasteiger partial charge in [0, 0.05) is 23.3 Å². The molecule has 0 fully saturated rings. The van der Waals surface area contributed by atoms with E-state index in [2.05, 4.69) is 5.32 Å². The molecule has 0 aliphatic heterocycles. The molecule has 4 rings (SSSR count). The molecule has 4 aromatic rings. The Morgan fingerprint density at radius 1 is 0.816 bits per heavy atom. The number of aryl methyl sites for hydroxylation is 3. The number of nitrogens with zero attached hydrogens (tertiary/aromatic N) is 1. The number of halogens is 3. The van der Waals surface area contributed by atoms with E-state index in [1.807, 2.05) is 26.0 Å². The van der Waals surface area contributed by atoms with Crippen LogP contribution in [0.25, 0.3) is 16.8 Å². The topological polar surface area (TPSA) is 68.2 Å². The summed E-state index contributed by atoms with van der Waals surface area (Å²) in [6.07, 6.45) is -3.54. The van der Waals surface area contributed by atoms with Crippen LogP contribution in [0.3, 0.4) is 0 Å². The largest absolute Gasteiger partial charge is 0.418 e. The molecular weight excluding hydrogens is 513 g/mol. The molecule has 0 unspecified atom stereocenters. The van der Waals surface area contributed by atoms with Crippen LogP contribution in [-0.4, -0.2) is 25.1 Å². The van der Waals surface area contributed by atoms with E-state index < -0.39 is 27.5 Å². The zero-order valence-electron chi connectivity index (χ0n) is 21.6. The lowest BCUT2D eigenvalue weighted by molar-refractivity contribution is -0.137. The van der Waals surface area contributed by atoms with Gasteiger partial charge in [-0.25, -0.2) is 8.42 Å². The molecule has 0 saturated carbocycles. The van der Waals surface area contributed by atoms with Gasteiger partial charge in [-0.05, 0) is 92.4 Å². The molecule has 0 radical (unpaired) electrons. The average molecular weight is 541 g/mol. The predicted octanol–water partition coefficient (Wildman–Crippen LogP) is 7.05. The number of anilines is 1. The van der Waals surface area contributed by atoms with Gasteiger partial charge >= 0.3 is 6.18 Å². The van der Waals surface area contributed by atoms with Crippen LogP contribution >= 0.6 is 0 Å². The summed E-state index contributed by atoms with van der Waals surface area (Å²) in [4.78, 5) is 13.1. The summed E-state index contributed by atoms with van der Waals surface area (Å²) in [7, 11) is -3.39. The standard InChI is InChI=1S/C29H27F3N2O3S/c1-17-6-7-21(14-18(17)2)22-8-13-27(26(16-22)29(30,31)32)34-19(3)15-25(20(34)4)28(35)33-23-9-11-24(12-10-23)38(5,36)37/h6-16H,1-5H3,(H,33,35). The molecule has 0 aliphatic carbocycles. The first-order valence-electron chi connectivity index (χ1n) is 11.8. The van der Waals surface area contributed by atoms with E-state index in [0.717, 1.165) is 23.4 Å². The summed E-state index contributed by atoms with van der Waals surface area (Å²) in [5.41, 5.74) is 3.67. The molecule has 38 heavy (non-hydrogen) atoms. The smallest absolute Gasteiger partial charge is 0.322 e. The van der Waals surface area contributed by atoms with Gasteiger partial charge in [0.25, 0.3) is 5.91 Å². The second-order valence-electron chi connectivity index (χ2n) is 9.40. The molecule has 198 valence electrons. The van der Waals surface area contributed by atoms with Gasteiger partial charge in [-0.2, -0.15) is 13.2 Å². The lowest BCUT2D eigenvalue weighted by atomic mass is 9.98. The monoisotopic (exact) mass is 540 g/mol. The highest BCUT2D eigenvalue weighted by Gasteiger charge is 2.35. The normalized spacial score (nSPS) is 12.0. The number of sulfone groups is 1. The SMILES string of the molecule is Cc1ccc(-c2ccc(-n3c(C)cc(C(=O)Nc4ccc(S(C)(=O)=O)cc4)c3C)c(C(F)(F)F)c2)cc1C. The van der Waals surface area contributed by atoms with Gasteiger partial charge < -0.3 is 9.88 Å². The number of amides is 1. The van der Waals surface area contributed by atoms with E-state index in [9.17, 15) is 26.4 Å². The number of rotatable bonds is 5. The predicted molar refractivity (Wildman–Crippen MR) is 143 cm³/mol. The van der Waals surface area contributed by atoms with E-state index in [0.29, 0.717) is 28.2 Å². The minimum absolute atomic E-state index is 0.0726. The molecule has 9 heteroatoms. The lowest BCUT2D eigenvalue weighted by Gasteiger charge is -2.19. The Bertz CT molecular complexity index is 1650. The van der Waals surface area contributed by atoms with E-state index >= 15 is 0 Å². The van der Waals surface area contributed by atoms with E-state index in [-0.39, 0.29) is 16.1 Å². The van der Waals surface area contributed by atoms with Crippen LogP contribution in [0.15, 0.2) is 71.6 Å². The number of benzene rings is 3. The van der Waals surface area contributed by atoms with Crippen LogP contribution in [0.4, 0.5) is 18.9 Å². The second kappa shape index (κ2) is 9.79. The second-order valence-corrected chi connectivity index (χ2v) is 11.4. The number of hydrogen-bond acceptors (Lipinski definition) is 3.